The summed E-state index contributed by atoms with van der Waals surface area (Å²) >= 11 is 0. The molecule has 61 heavy (non-hydrogen) atoms. The van der Waals surface area contributed by atoms with Gasteiger partial charge in [-0.3, -0.25) is 43.7 Å². The van der Waals surface area contributed by atoms with E-state index in [9.17, 15) is 29.2 Å². The van der Waals surface area contributed by atoms with Gasteiger partial charge in [0.25, 0.3) is 23.6 Å². The highest BCUT2D eigenvalue weighted by Gasteiger charge is 2.49. The minimum Gasteiger partial charge on any atom is -0.490 e. The summed E-state index contributed by atoms with van der Waals surface area (Å²) in [4.78, 5) is 88.0. The molecule has 1 aliphatic carbocycles. The topological polar surface area (TPSA) is 199 Å². The maximum absolute atomic E-state index is 15.8. The summed E-state index contributed by atoms with van der Waals surface area (Å²) in [5.74, 6) is -1.84. The molecule has 4 aliphatic heterocycles. The van der Waals surface area contributed by atoms with Crippen molar-refractivity contribution in [3.63, 3.8) is 0 Å². The van der Waals surface area contributed by atoms with Crippen LogP contribution in [0.4, 0.5) is 16.0 Å². The summed E-state index contributed by atoms with van der Waals surface area (Å²) in [7, 11) is 0. The number of aromatic nitrogens is 3. The molecule has 3 saturated heterocycles. The first-order chi connectivity index (χ1) is 29.6. The molecular weight excluding hydrogens is 784 g/mol. The number of fused-ring (bicyclic) bond motifs is 2. The molecule has 314 valence electrons. The number of likely N-dealkylation sites (tertiary alicyclic amines) is 1. The van der Waals surface area contributed by atoms with Crippen molar-refractivity contribution < 1.29 is 33.1 Å². The molecule has 1 saturated carbocycles. The number of carbonyl (C=O) groups is 5. The average molecular weight is 829 g/mol. The van der Waals surface area contributed by atoms with Crippen molar-refractivity contribution in [2.24, 2.45) is 11.7 Å². The van der Waals surface area contributed by atoms with Crippen LogP contribution in [0.15, 0.2) is 55.0 Å². The maximum Gasteiger partial charge on any atom is 0.262 e. The molecule has 4 fully saturated rings. The molecule has 5 aliphatic rings. The van der Waals surface area contributed by atoms with Crippen molar-refractivity contribution in [3.05, 3.63) is 83.1 Å². The highest BCUT2D eigenvalue weighted by molar-refractivity contribution is 6.23. The second kappa shape index (κ2) is 16.5. The number of nitrogens with two attached hydrogens (primary N) is 1. The average Bonchev–Trinajstić information content (AvgIpc) is 3.51. The third-order valence-electron chi connectivity index (χ3n) is 12.9. The monoisotopic (exact) mass is 828 g/mol. The molecule has 9 rings (SSSR count). The molecule has 17 heteroatoms. The number of benzene rings is 2. The van der Waals surface area contributed by atoms with E-state index in [2.05, 4.69) is 30.8 Å². The Morgan fingerprint density at radius 1 is 0.836 bits per heavy atom. The SMILES string of the molecule is N#Cc1ccc(OC2CCC(N3C(=O)CCC(N4C(=O)c5cc(F)c(N6CCN(CC7CCN(c8ncc(C(N)=O)cn8)CC7)CC6)cc5C4=O)C3=O)CC2)c2cccnc12. The predicted molar refractivity (Wildman–Crippen MR) is 219 cm³/mol. The lowest BCUT2D eigenvalue weighted by Crippen LogP contribution is -2.59. The van der Waals surface area contributed by atoms with Crippen LogP contribution in [0.25, 0.3) is 10.9 Å². The molecule has 5 amide bonds. The first-order valence-corrected chi connectivity index (χ1v) is 20.9. The zero-order valence-corrected chi connectivity index (χ0v) is 33.5. The van der Waals surface area contributed by atoms with E-state index in [0.717, 1.165) is 48.8 Å². The summed E-state index contributed by atoms with van der Waals surface area (Å²) < 4.78 is 22.2. The lowest BCUT2D eigenvalue weighted by Gasteiger charge is -2.41. The molecule has 0 spiro atoms. The molecule has 6 heterocycles. The van der Waals surface area contributed by atoms with E-state index < -0.39 is 41.5 Å². The second-order valence-corrected chi connectivity index (χ2v) is 16.5. The van der Waals surface area contributed by atoms with E-state index in [1.165, 1.54) is 23.4 Å². The zero-order chi connectivity index (χ0) is 42.4. The standard InChI is InChI=1S/C44H45FN10O6/c45-34-20-32-33(21-36(34)52-18-16-51(17-19-52)25-26-11-14-53(15-12-26)44-49-23-28(24-50-44)40(47)57)42(59)55(41(32)58)35-8-10-38(56)54(43(35)60)29-4-6-30(7-5-29)61-37-9-3-27(22-46)39-31(37)2-1-13-48-39/h1-3,9,13,20-21,23-24,26,29-30,35H,4-8,10-12,14-19,25H2,(H2,47,57). The number of imide groups is 2. The van der Waals surface area contributed by atoms with Gasteiger partial charge in [0.2, 0.25) is 11.9 Å². The minimum absolute atomic E-state index is 0.00587. The number of hydrogen-bond donors (Lipinski definition) is 1. The quantitative estimate of drug-likeness (QED) is 0.240. The number of primary amides is 1. The number of carbonyl (C=O) groups excluding carboxylic acids is 5. The molecule has 0 radical (unpaired) electrons. The van der Waals surface area contributed by atoms with Crippen LogP contribution in [0.3, 0.4) is 0 Å². The molecule has 1 unspecified atom stereocenters. The summed E-state index contributed by atoms with van der Waals surface area (Å²) in [5, 5.41) is 10.2. The number of nitriles is 1. The van der Waals surface area contributed by atoms with Crippen LogP contribution < -0.4 is 20.3 Å². The van der Waals surface area contributed by atoms with E-state index >= 15 is 4.39 Å². The van der Waals surface area contributed by atoms with Crippen LogP contribution in [0, 0.1) is 23.1 Å². The number of amides is 5. The van der Waals surface area contributed by atoms with Crippen molar-refractivity contribution in [1.29, 1.82) is 5.26 Å². The third-order valence-corrected chi connectivity index (χ3v) is 12.9. The Bertz CT molecular complexity index is 2450. The van der Waals surface area contributed by atoms with Gasteiger partial charge in [0.15, 0.2) is 0 Å². The third kappa shape index (κ3) is 7.60. The largest absolute Gasteiger partial charge is 0.490 e. The number of pyridine rings is 1. The lowest BCUT2D eigenvalue weighted by atomic mass is 9.89. The minimum atomic E-state index is -1.17. The molecule has 1 atom stereocenters. The Morgan fingerprint density at radius 3 is 2.23 bits per heavy atom. The molecule has 2 aromatic carbocycles. The first kappa shape index (κ1) is 39.9. The van der Waals surface area contributed by atoms with Crippen LogP contribution in [0.2, 0.25) is 0 Å². The van der Waals surface area contributed by atoms with Crippen molar-refractivity contribution >= 4 is 52.1 Å². The molecule has 0 bridgehead atoms. The predicted octanol–water partition coefficient (Wildman–Crippen LogP) is 3.68. The van der Waals surface area contributed by atoms with Gasteiger partial charge in [-0.05, 0) is 87.3 Å². The Labute approximate surface area is 351 Å². The summed E-state index contributed by atoms with van der Waals surface area (Å²) in [6.07, 6.45) is 8.32. The number of piperazine rings is 1. The van der Waals surface area contributed by atoms with Gasteiger partial charge in [-0.15, -0.1) is 0 Å². The van der Waals surface area contributed by atoms with Crippen LogP contribution in [-0.2, 0) is 9.59 Å². The van der Waals surface area contributed by atoms with Gasteiger partial charge < -0.3 is 20.3 Å². The molecule has 2 N–H and O–H groups in total. The van der Waals surface area contributed by atoms with Crippen LogP contribution >= 0.6 is 0 Å². The molecule has 4 aromatic rings. The zero-order valence-electron chi connectivity index (χ0n) is 33.5. The van der Waals surface area contributed by atoms with Crippen LogP contribution in [0.1, 0.15) is 88.0 Å². The maximum atomic E-state index is 15.8. The molecule has 2 aromatic heterocycles. The number of hydrogen-bond acceptors (Lipinski definition) is 13. The van der Waals surface area contributed by atoms with Gasteiger partial charge in [0, 0.05) is 82.3 Å². The van der Waals surface area contributed by atoms with Gasteiger partial charge in [0.05, 0.1) is 39.6 Å². The first-order valence-electron chi connectivity index (χ1n) is 20.9. The number of anilines is 2. The molecular formula is C44H45FN10O6. The van der Waals surface area contributed by atoms with Gasteiger partial charge >= 0.3 is 0 Å². The Hall–Kier alpha value is -6.54. The fraction of sp³-hybridized carbons (Fsp3) is 0.432. The highest BCUT2D eigenvalue weighted by Crippen LogP contribution is 2.37. The van der Waals surface area contributed by atoms with Crippen molar-refractivity contribution in [2.45, 2.75) is 69.6 Å². The van der Waals surface area contributed by atoms with Crippen LogP contribution in [0.5, 0.6) is 5.75 Å². The number of piperidine rings is 2. The van der Waals surface area contributed by atoms with E-state index in [1.807, 2.05) is 11.0 Å². The van der Waals surface area contributed by atoms with Gasteiger partial charge in [0.1, 0.15) is 23.7 Å². The number of nitrogens with zero attached hydrogens (tertiary/aromatic N) is 9. The summed E-state index contributed by atoms with van der Waals surface area (Å²) in [6, 6.07) is 10.2. The van der Waals surface area contributed by atoms with E-state index in [0.29, 0.717) is 80.6 Å². The smallest absolute Gasteiger partial charge is 0.262 e. The summed E-state index contributed by atoms with van der Waals surface area (Å²) in [6.45, 7) is 4.95. The number of halogens is 1. The fourth-order valence-electron chi connectivity index (χ4n) is 9.61. The van der Waals surface area contributed by atoms with Gasteiger partial charge in [-0.25, -0.2) is 14.4 Å². The van der Waals surface area contributed by atoms with E-state index in [4.69, 9.17) is 10.5 Å². The Balaban J connectivity index is 0.797. The van der Waals surface area contributed by atoms with Crippen LogP contribution in [-0.4, -0.2) is 123 Å². The lowest BCUT2D eigenvalue weighted by molar-refractivity contribution is -0.155. The van der Waals surface area contributed by atoms with Crippen molar-refractivity contribution in [3.8, 4) is 11.8 Å². The van der Waals surface area contributed by atoms with Crippen molar-refractivity contribution in [2.75, 3.05) is 55.6 Å². The second-order valence-electron chi connectivity index (χ2n) is 16.5. The molecule has 16 nitrogen and oxygen atoms in total. The fourth-order valence-corrected chi connectivity index (χ4v) is 9.61. The highest BCUT2D eigenvalue weighted by atomic mass is 19.1. The van der Waals surface area contributed by atoms with Gasteiger partial charge in [-0.2, -0.15) is 5.26 Å². The van der Waals surface area contributed by atoms with E-state index in [-0.39, 0.29) is 47.2 Å². The van der Waals surface area contributed by atoms with Crippen molar-refractivity contribution in [1.82, 2.24) is 29.7 Å². The Kier molecular flexibility index (Phi) is 10.8. The van der Waals surface area contributed by atoms with E-state index in [1.54, 1.807) is 24.4 Å². The Morgan fingerprint density at radius 2 is 1.54 bits per heavy atom. The summed E-state index contributed by atoms with van der Waals surface area (Å²) in [5.41, 5.74) is 6.81. The number of rotatable bonds is 9. The normalized spacial score (nSPS) is 22.8. The van der Waals surface area contributed by atoms with Gasteiger partial charge in [-0.1, -0.05) is 0 Å². The number of ether oxygens (including phenoxy) is 1.